The average Bonchev–Trinajstić information content (AvgIpc) is 2.74. The minimum Gasteiger partial charge on any atom is -0.396 e. The van der Waals surface area contributed by atoms with Crippen LogP contribution in [0.2, 0.25) is 0 Å². The molecule has 0 radical (unpaired) electrons. The summed E-state index contributed by atoms with van der Waals surface area (Å²) in [5.74, 6) is 0. The van der Waals surface area contributed by atoms with Crippen LogP contribution in [0, 0.1) is 18.3 Å². The van der Waals surface area contributed by atoms with Gasteiger partial charge in [0, 0.05) is 6.54 Å². The summed E-state index contributed by atoms with van der Waals surface area (Å²) in [6, 6.07) is 7.51. The van der Waals surface area contributed by atoms with Crippen LogP contribution in [-0.2, 0) is 6.54 Å². The molecule has 0 aliphatic rings. The predicted molar refractivity (Wildman–Crippen MR) is 72.0 cm³/mol. The smallest absolute Gasteiger partial charge is 0.101 e. The first-order chi connectivity index (χ1) is 8.22. The Morgan fingerprint density at radius 2 is 2.24 bits per heavy atom. The third-order valence-corrected chi connectivity index (χ3v) is 3.57. The largest absolute Gasteiger partial charge is 0.396 e. The molecular formula is C13H13N3S. The van der Waals surface area contributed by atoms with Crippen molar-refractivity contribution in [1.29, 1.82) is 5.26 Å². The molecule has 17 heavy (non-hydrogen) atoms. The molecule has 4 heteroatoms. The van der Waals surface area contributed by atoms with Crippen LogP contribution >= 0.6 is 11.3 Å². The van der Waals surface area contributed by atoms with Gasteiger partial charge in [0.05, 0.1) is 16.9 Å². The number of hydrogen-bond acceptors (Lipinski definition) is 4. The molecule has 0 saturated heterocycles. The van der Waals surface area contributed by atoms with Crippen molar-refractivity contribution in [3.8, 4) is 6.07 Å². The Balaban J connectivity index is 2.15. The fourth-order valence-corrected chi connectivity index (χ4v) is 2.43. The van der Waals surface area contributed by atoms with Crippen LogP contribution < -0.4 is 11.1 Å². The van der Waals surface area contributed by atoms with Crippen molar-refractivity contribution >= 4 is 22.7 Å². The summed E-state index contributed by atoms with van der Waals surface area (Å²) >= 11 is 1.69. The van der Waals surface area contributed by atoms with E-state index < -0.39 is 0 Å². The molecule has 0 atom stereocenters. The Hall–Kier alpha value is -1.99. The number of aryl methyl sites for hydroxylation is 1. The maximum atomic E-state index is 8.88. The first-order valence-corrected chi connectivity index (χ1v) is 6.20. The predicted octanol–water partition coefficient (Wildman–Crippen LogP) is 3.12. The Labute approximate surface area is 105 Å². The lowest BCUT2D eigenvalue weighted by molar-refractivity contribution is 1.14. The number of nitrogens with two attached hydrogens (primary N) is 1. The summed E-state index contributed by atoms with van der Waals surface area (Å²) in [6.07, 6.45) is 0. The Morgan fingerprint density at radius 1 is 1.41 bits per heavy atom. The molecule has 0 amide bonds. The number of benzene rings is 1. The Kier molecular flexibility index (Phi) is 3.31. The molecule has 1 heterocycles. The number of nitrogens with one attached hydrogen (secondary N) is 1. The molecule has 86 valence electrons. The lowest BCUT2D eigenvalue weighted by Crippen LogP contribution is -2.03. The lowest BCUT2D eigenvalue weighted by Gasteiger charge is -2.09. The van der Waals surface area contributed by atoms with Gasteiger partial charge in [-0.1, -0.05) is 6.07 Å². The second-order valence-corrected chi connectivity index (χ2v) is 4.56. The van der Waals surface area contributed by atoms with Gasteiger partial charge in [-0.3, -0.25) is 0 Å². The summed E-state index contributed by atoms with van der Waals surface area (Å²) in [5.41, 5.74) is 10.3. The molecular weight excluding hydrogens is 230 g/mol. The minimum atomic E-state index is 0.511. The number of hydrogen-bond donors (Lipinski definition) is 2. The van der Waals surface area contributed by atoms with Gasteiger partial charge < -0.3 is 11.1 Å². The van der Waals surface area contributed by atoms with Gasteiger partial charge in [0.25, 0.3) is 0 Å². The first-order valence-electron chi connectivity index (χ1n) is 5.26. The first kappa shape index (κ1) is 11.5. The van der Waals surface area contributed by atoms with E-state index in [0.29, 0.717) is 11.3 Å². The molecule has 1 aromatic carbocycles. The standard InChI is InChI=1S/C13H13N3S/c1-9-7-17-8-11(9)6-16-12-4-2-3-10(5-14)13(12)15/h2-4,7-8,16H,6,15H2,1H3. The molecule has 0 saturated carbocycles. The highest BCUT2D eigenvalue weighted by Gasteiger charge is 2.05. The number of rotatable bonds is 3. The van der Waals surface area contributed by atoms with Crippen molar-refractivity contribution in [3.63, 3.8) is 0 Å². The number of para-hydroxylation sites is 1. The van der Waals surface area contributed by atoms with E-state index >= 15 is 0 Å². The zero-order valence-corrected chi connectivity index (χ0v) is 10.3. The molecule has 3 N–H and O–H groups in total. The minimum absolute atomic E-state index is 0.511. The van der Waals surface area contributed by atoms with Crippen LogP contribution in [0.5, 0.6) is 0 Å². The van der Waals surface area contributed by atoms with E-state index in [-0.39, 0.29) is 0 Å². The van der Waals surface area contributed by atoms with Gasteiger partial charge in [0.1, 0.15) is 6.07 Å². The summed E-state index contributed by atoms with van der Waals surface area (Å²) in [4.78, 5) is 0. The van der Waals surface area contributed by atoms with Gasteiger partial charge in [0.2, 0.25) is 0 Å². The lowest BCUT2D eigenvalue weighted by atomic mass is 10.1. The topological polar surface area (TPSA) is 61.8 Å². The maximum Gasteiger partial charge on any atom is 0.101 e. The zero-order valence-electron chi connectivity index (χ0n) is 9.53. The van der Waals surface area contributed by atoms with Crippen LogP contribution in [0.25, 0.3) is 0 Å². The van der Waals surface area contributed by atoms with E-state index in [0.717, 1.165) is 12.2 Å². The molecule has 0 bridgehead atoms. The molecule has 2 rings (SSSR count). The van der Waals surface area contributed by atoms with Gasteiger partial charge in [-0.25, -0.2) is 0 Å². The SMILES string of the molecule is Cc1cscc1CNc1cccc(C#N)c1N. The Bertz CT molecular complexity index is 566. The second-order valence-electron chi connectivity index (χ2n) is 3.81. The van der Waals surface area contributed by atoms with Crippen molar-refractivity contribution < 1.29 is 0 Å². The van der Waals surface area contributed by atoms with E-state index in [1.54, 1.807) is 17.4 Å². The molecule has 1 aromatic heterocycles. The third kappa shape index (κ3) is 2.40. The van der Waals surface area contributed by atoms with Gasteiger partial charge in [-0.15, -0.1) is 0 Å². The van der Waals surface area contributed by atoms with Crippen molar-refractivity contribution in [3.05, 3.63) is 45.6 Å². The fourth-order valence-electron chi connectivity index (χ4n) is 1.58. The van der Waals surface area contributed by atoms with Crippen molar-refractivity contribution in [2.45, 2.75) is 13.5 Å². The van der Waals surface area contributed by atoms with E-state index in [1.807, 2.05) is 12.1 Å². The van der Waals surface area contributed by atoms with Crippen molar-refractivity contribution in [2.24, 2.45) is 0 Å². The van der Waals surface area contributed by atoms with Crippen LogP contribution in [0.4, 0.5) is 11.4 Å². The number of nitrogen functional groups attached to an aromatic ring is 1. The van der Waals surface area contributed by atoms with Crippen LogP contribution in [-0.4, -0.2) is 0 Å². The molecule has 0 aliphatic carbocycles. The second kappa shape index (κ2) is 4.89. The summed E-state index contributed by atoms with van der Waals surface area (Å²) in [7, 11) is 0. The van der Waals surface area contributed by atoms with Crippen LogP contribution in [0.3, 0.4) is 0 Å². The van der Waals surface area contributed by atoms with Gasteiger partial charge >= 0.3 is 0 Å². The normalized spacial score (nSPS) is 9.88. The average molecular weight is 243 g/mol. The summed E-state index contributed by atoms with van der Waals surface area (Å²) in [5, 5.41) is 16.4. The summed E-state index contributed by atoms with van der Waals surface area (Å²) in [6.45, 7) is 2.82. The highest BCUT2D eigenvalue weighted by atomic mass is 32.1. The third-order valence-electron chi connectivity index (χ3n) is 2.66. The Morgan fingerprint density at radius 3 is 2.88 bits per heavy atom. The number of nitriles is 1. The fraction of sp³-hybridized carbons (Fsp3) is 0.154. The number of thiophene rings is 1. The molecule has 0 spiro atoms. The number of nitrogens with zero attached hydrogens (tertiary/aromatic N) is 1. The quantitative estimate of drug-likeness (QED) is 0.814. The van der Waals surface area contributed by atoms with Gasteiger partial charge in [0.15, 0.2) is 0 Å². The van der Waals surface area contributed by atoms with Gasteiger partial charge in [-0.2, -0.15) is 16.6 Å². The van der Waals surface area contributed by atoms with E-state index in [2.05, 4.69) is 29.1 Å². The molecule has 0 aliphatic heterocycles. The van der Waals surface area contributed by atoms with Crippen LogP contribution in [0.1, 0.15) is 16.7 Å². The highest BCUT2D eigenvalue weighted by Crippen LogP contribution is 2.23. The van der Waals surface area contributed by atoms with Crippen LogP contribution in [0.15, 0.2) is 29.0 Å². The maximum absolute atomic E-state index is 8.88. The zero-order chi connectivity index (χ0) is 12.3. The number of anilines is 2. The van der Waals surface area contributed by atoms with Crippen molar-refractivity contribution in [2.75, 3.05) is 11.1 Å². The van der Waals surface area contributed by atoms with Crippen molar-refractivity contribution in [1.82, 2.24) is 0 Å². The summed E-state index contributed by atoms with van der Waals surface area (Å²) < 4.78 is 0. The molecule has 0 unspecified atom stereocenters. The molecule has 3 nitrogen and oxygen atoms in total. The van der Waals surface area contributed by atoms with Gasteiger partial charge in [-0.05, 0) is 40.9 Å². The monoisotopic (exact) mass is 243 g/mol. The highest BCUT2D eigenvalue weighted by molar-refractivity contribution is 7.08. The van der Waals surface area contributed by atoms with E-state index in [4.69, 9.17) is 11.0 Å². The molecule has 2 aromatic rings. The molecule has 0 fully saturated rings. The van der Waals surface area contributed by atoms with E-state index in [1.165, 1.54) is 11.1 Å². The van der Waals surface area contributed by atoms with E-state index in [9.17, 15) is 0 Å².